The maximum atomic E-state index is 11.9. The van der Waals surface area contributed by atoms with Crippen LogP contribution < -0.4 is 10.2 Å². The number of hydrogen-bond donors (Lipinski definition) is 1. The molecule has 2 heterocycles. The van der Waals surface area contributed by atoms with Crippen molar-refractivity contribution in [3.63, 3.8) is 0 Å². The number of nitrogens with zero attached hydrogens (tertiary/aromatic N) is 3. The number of benzene rings is 1. The van der Waals surface area contributed by atoms with E-state index in [-0.39, 0.29) is 12.5 Å². The monoisotopic (exact) mass is 298 g/mol. The maximum absolute atomic E-state index is 11.9. The molecule has 22 heavy (non-hydrogen) atoms. The topological polar surface area (TPSA) is 50.2 Å². The highest BCUT2D eigenvalue weighted by Gasteiger charge is 2.10. The van der Waals surface area contributed by atoms with Crippen LogP contribution in [0.15, 0.2) is 43.0 Å². The zero-order chi connectivity index (χ0) is 15.2. The van der Waals surface area contributed by atoms with Crippen molar-refractivity contribution in [3.8, 4) is 0 Å². The van der Waals surface area contributed by atoms with E-state index in [1.54, 1.807) is 23.3 Å². The quantitative estimate of drug-likeness (QED) is 0.944. The van der Waals surface area contributed by atoms with Crippen LogP contribution >= 0.6 is 0 Å². The summed E-state index contributed by atoms with van der Waals surface area (Å²) in [5.74, 6) is -0.0412. The molecule has 1 aromatic carbocycles. The number of amides is 1. The first-order valence-corrected chi connectivity index (χ1v) is 7.92. The number of hydrogen-bond acceptors (Lipinski definition) is 3. The second-order valence-corrected chi connectivity index (χ2v) is 5.73. The summed E-state index contributed by atoms with van der Waals surface area (Å²) in [6.45, 7) is 2.55. The van der Waals surface area contributed by atoms with E-state index in [2.05, 4.69) is 27.3 Å². The Labute approximate surface area is 131 Å². The molecule has 0 radical (unpaired) electrons. The van der Waals surface area contributed by atoms with Gasteiger partial charge in [0.15, 0.2) is 0 Å². The molecule has 2 aromatic rings. The molecule has 0 unspecified atom stereocenters. The first kappa shape index (κ1) is 14.6. The number of carbonyl (C=O) groups is 1. The first-order chi connectivity index (χ1) is 10.8. The van der Waals surface area contributed by atoms with Crippen molar-refractivity contribution in [2.24, 2.45) is 0 Å². The van der Waals surface area contributed by atoms with E-state index < -0.39 is 0 Å². The van der Waals surface area contributed by atoms with Crippen LogP contribution in [0.2, 0.25) is 0 Å². The van der Waals surface area contributed by atoms with Crippen molar-refractivity contribution in [2.45, 2.75) is 32.2 Å². The Hall–Kier alpha value is -2.30. The van der Waals surface area contributed by atoms with Gasteiger partial charge in [-0.05, 0) is 37.1 Å². The Balaban J connectivity index is 1.57. The van der Waals surface area contributed by atoms with Crippen LogP contribution in [-0.4, -0.2) is 28.5 Å². The summed E-state index contributed by atoms with van der Waals surface area (Å²) in [7, 11) is 0. The number of nitrogens with one attached hydrogen (secondary N) is 1. The number of rotatable bonds is 4. The minimum atomic E-state index is -0.0412. The third-order valence-electron chi connectivity index (χ3n) is 4.01. The fraction of sp³-hybridized carbons (Fsp3) is 0.412. The number of carbonyl (C=O) groups excluding carboxylic acids is 1. The average molecular weight is 298 g/mol. The summed E-state index contributed by atoms with van der Waals surface area (Å²) in [4.78, 5) is 18.3. The molecule has 1 amide bonds. The van der Waals surface area contributed by atoms with Gasteiger partial charge in [0.25, 0.3) is 0 Å². The molecule has 0 bridgehead atoms. The minimum Gasteiger partial charge on any atom is -0.372 e. The van der Waals surface area contributed by atoms with Crippen LogP contribution in [0, 0.1) is 0 Å². The summed E-state index contributed by atoms with van der Waals surface area (Å²) in [5, 5.41) is 2.92. The Morgan fingerprint density at radius 1 is 1.09 bits per heavy atom. The summed E-state index contributed by atoms with van der Waals surface area (Å²) >= 11 is 0. The SMILES string of the molecule is O=C(Cn1ccnc1)Nc1ccc(N2CCCCCC2)cc1. The van der Waals surface area contributed by atoms with Crippen LogP contribution in [0.1, 0.15) is 25.7 Å². The summed E-state index contributed by atoms with van der Waals surface area (Å²) in [6.07, 6.45) is 10.3. The predicted molar refractivity (Wildman–Crippen MR) is 88.0 cm³/mol. The van der Waals surface area contributed by atoms with E-state index in [9.17, 15) is 4.79 Å². The zero-order valence-corrected chi connectivity index (χ0v) is 12.7. The van der Waals surface area contributed by atoms with E-state index >= 15 is 0 Å². The average Bonchev–Trinajstić information content (AvgIpc) is 2.87. The van der Waals surface area contributed by atoms with Gasteiger partial charge in [0.2, 0.25) is 5.91 Å². The maximum Gasteiger partial charge on any atom is 0.244 e. The lowest BCUT2D eigenvalue weighted by Gasteiger charge is -2.22. The van der Waals surface area contributed by atoms with Crippen molar-refractivity contribution >= 4 is 17.3 Å². The molecular weight excluding hydrogens is 276 g/mol. The highest BCUT2D eigenvalue weighted by molar-refractivity contribution is 5.90. The van der Waals surface area contributed by atoms with Gasteiger partial charge in [-0.3, -0.25) is 4.79 Å². The summed E-state index contributed by atoms with van der Waals surface area (Å²) < 4.78 is 1.75. The van der Waals surface area contributed by atoms with E-state index in [0.717, 1.165) is 18.8 Å². The van der Waals surface area contributed by atoms with Crippen molar-refractivity contribution < 1.29 is 4.79 Å². The third kappa shape index (κ3) is 3.87. The van der Waals surface area contributed by atoms with Gasteiger partial charge in [-0.2, -0.15) is 0 Å². The molecule has 3 rings (SSSR count). The van der Waals surface area contributed by atoms with Crippen LogP contribution in [0.25, 0.3) is 0 Å². The van der Waals surface area contributed by atoms with Crippen molar-refractivity contribution in [2.75, 3.05) is 23.3 Å². The number of anilines is 2. The molecule has 1 aliphatic heterocycles. The molecule has 1 fully saturated rings. The predicted octanol–water partition coefficient (Wildman–Crippen LogP) is 2.90. The van der Waals surface area contributed by atoms with Gasteiger partial charge in [0.05, 0.1) is 6.33 Å². The van der Waals surface area contributed by atoms with Crippen molar-refractivity contribution in [1.82, 2.24) is 9.55 Å². The minimum absolute atomic E-state index is 0.0412. The Kier molecular flexibility index (Phi) is 4.73. The molecule has 0 saturated carbocycles. The highest BCUT2D eigenvalue weighted by Crippen LogP contribution is 2.21. The molecule has 5 nitrogen and oxygen atoms in total. The Morgan fingerprint density at radius 3 is 2.45 bits per heavy atom. The van der Waals surface area contributed by atoms with Gasteiger partial charge in [0, 0.05) is 36.9 Å². The van der Waals surface area contributed by atoms with Crippen molar-refractivity contribution in [1.29, 1.82) is 0 Å². The lowest BCUT2D eigenvalue weighted by molar-refractivity contribution is -0.116. The van der Waals surface area contributed by atoms with Gasteiger partial charge in [-0.1, -0.05) is 12.8 Å². The normalized spacial score (nSPS) is 15.4. The molecule has 1 N–H and O–H groups in total. The summed E-state index contributed by atoms with van der Waals surface area (Å²) in [6, 6.07) is 8.15. The zero-order valence-electron chi connectivity index (χ0n) is 12.7. The van der Waals surface area contributed by atoms with Gasteiger partial charge in [0.1, 0.15) is 6.54 Å². The van der Waals surface area contributed by atoms with Gasteiger partial charge >= 0.3 is 0 Å². The molecule has 0 spiro atoms. The van der Waals surface area contributed by atoms with E-state index in [1.807, 2.05) is 12.1 Å². The molecule has 1 aliphatic rings. The van der Waals surface area contributed by atoms with E-state index in [0.29, 0.717) is 0 Å². The smallest absolute Gasteiger partial charge is 0.244 e. The molecule has 0 atom stereocenters. The largest absolute Gasteiger partial charge is 0.372 e. The molecule has 5 heteroatoms. The molecular formula is C17H22N4O. The van der Waals surface area contributed by atoms with Gasteiger partial charge in [-0.15, -0.1) is 0 Å². The first-order valence-electron chi connectivity index (χ1n) is 7.92. The standard InChI is InChI=1S/C17H22N4O/c22-17(13-20-12-9-18-14-20)19-15-5-7-16(8-6-15)21-10-3-1-2-4-11-21/h5-9,12,14H,1-4,10-11,13H2,(H,19,22). The second kappa shape index (κ2) is 7.11. The van der Waals surface area contributed by atoms with Crippen LogP contribution in [0.4, 0.5) is 11.4 Å². The fourth-order valence-electron chi connectivity index (χ4n) is 2.83. The van der Waals surface area contributed by atoms with Crippen LogP contribution in [-0.2, 0) is 11.3 Å². The Morgan fingerprint density at radius 2 is 1.82 bits per heavy atom. The molecule has 116 valence electrons. The number of imidazole rings is 1. The van der Waals surface area contributed by atoms with Crippen molar-refractivity contribution in [3.05, 3.63) is 43.0 Å². The van der Waals surface area contributed by atoms with Gasteiger partial charge < -0.3 is 14.8 Å². The lowest BCUT2D eigenvalue weighted by atomic mass is 10.2. The van der Waals surface area contributed by atoms with Gasteiger partial charge in [-0.25, -0.2) is 4.98 Å². The molecule has 1 saturated heterocycles. The van der Waals surface area contributed by atoms with E-state index in [1.165, 1.54) is 31.4 Å². The van der Waals surface area contributed by atoms with E-state index in [4.69, 9.17) is 0 Å². The lowest BCUT2D eigenvalue weighted by Crippen LogP contribution is -2.23. The molecule has 0 aliphatic carbocycles. The molecule has 1 aromatic heterocycles. The third-order valence-corrected chi connectivity index (χ3v) is 4.01. The Bertz CT molecular complexity index is 584. The fourth-order valence-corrected chi connectivity index (χ4v) is 2.83. The summed E-state index contributed by atoms with van der Waals surface area (Å²) in [5.41, 5.74) is 2.08. The van der Waals surface area contributed by atoms with Crippen LogP contribution in [0.3, 0.4) is 0 Å². The highest BCUT2D eigenvalue weighted by atomic mass is 16.1. The second-order valence-electron chi connectivity index (χ2n) is 5.73. The number of aromatic nitrogens is 2. The van der Waals surface area contributed by atoms with Crippen LogP contribution in [0.5, 0.6) is 0 Å².